The number of hydrogen-bond acceptors (Lipinski definition) is 5. The van der Waals surface area contributed by atoms with Gasteiger partial charge in [0.2, 0.25) is 0 Å². The molecular formula is C30H22FNO5. The second-order valence-corrected chi connectivity index (χ2v) is 8.33. The molecule has 7 heteroatoms. The summed E-state index contributed by atoms with van der Waals surface area (Å²) in [7, 11) is 1.45. The zero-order valence-corrected chi connectivity index (χ0v) is 19.8. The van der Waals surface area contributed by atoms with Crippen molar-refractivity contribution in [2.24, 2.45) is 0 Å². The first kappa shape index (κ1) is 23.8. The van der Waals surface area contributed by atoms with E-state index in [1.54, 1.807) is 60.7 Å². The van der Waals surface area contributed by atoms with Crippen LogP contribution in [0.5, 0.6) is 17.2 Å². The van der Waals surface area contributed by atoms with Crippen molar-refractivity contribution in [3.8, 4) is 17.2 Å². The highest BCUT2D eigenvalue weighted by atomic mass is 19.1. The topological polar surface area (TPSA) is 76.1 Å². The SMILES string of the molecule is COc1ccccc1/C(O)=C1/C(=O)C(=O)N(c2ccc(F)cc2)C1c1cccc(Oc2ccccc2)c1. The molecule has 4 aromatic carbocycles. The Bertz CT molecular complexity index is 1500. The Morgan fingerprint density at radius 3 is 2.24 bits per heavy atom. The monoisotopic (exact) mass is 495 g/mol. The fourth-order valence-corrected chi connectivity index (χ4v) is 4.37. The molecule has 0 spiro atoms. The maximum atomic E-state index is 13.7. The predicted molar refractivity (Wildman–Crippen MR) is 137 cm³/mol. The van der Waals surface area contributed by atoms with Crippen LogP contribution in [0.25, 0.3) is 5.76 Å². The lowest BCUT2D eigenvalue weighted by atomic mass is 9.94. The third kappa shape index (κ3) is 4.54. The number of rotatable bonds is 6. The van der Waals surface area contributed by atoms with E-state index in [0.29, 0.717) is 28.5 Å². The molecule has 0 aliphatic carbocycles. The Morgan fingerprint density at radius 2 is 1.51 bits per heavy atom. The second kappa shape index (κ2) is 9.99. The first-order valence-electron chi connectivity index (χ1n) is 11.5. The molecule has 1 aliphatic rings. The molecule has 0 radical (unpaired) electrons. The fourth-order valence-electron chi connectivity index (χ4n) is 4.37. The van der Waals surface area contributed by atoms with Crippen molar-refractivity contribution in [2.75, 3.05) is 12.0 Å². The zero-order valence-electron chi connectivity index (χ0n) is 19.8. The molecule has 1 unspecified atom stereocenters. The number of carbonyl (C=O) groups excluding carboxylic acids is 2. The summed E-state index contributed by atoms with van der Waals surface area (Å²) in [6.07, 6.45) is 0. The van der Waals surface area contributed by atoms with Gasteiger partial charge in [-0.15, -0.1) is 0 Å². The second-order valence-electron chi connectivity index (χ2n) is 8.33. The smallest absolute Gasteiger partial charge is 0.300 e. The third-order valence-corrected chi connectivity index (χ3v) is 6.06. The molecule has 5 rings (SSSR count). The zero-order chi connectivity index (χ0) is 25.9. The molecule has 0 saturated carbocycles. The van der Waals surface area contributed by atoms with Gasteiger partial charge >= 0.3 is 0 Å². The van der Waals surface area contributed by atoms with Gasteiger partial charge in [0.25, 0.3) is 11.7 Å². The van der Waals surface area contributed by atoms with Crippen molar-refractivity contribution in [1.82, 2.24) is 0 Å². The molecule has 184 valence electrons. The normalized spacial score (nSPS) is 16.6. The molecule has 0 bridgehead atoms. The van der Waals surface area contributed by atoms with Gasteiger partial charge in [0, 0.05) is 5.69 Å². The minimum atomic E-state index is -1.00. The maximum absolute atomic E-state index is 13.7. The van der Waals surface area contributed by atoms with Gasteiger partial charge in [-0.05, 0) is 66.2 Å². The first-order valence-corrected chi connectivity index (χ1v) is 11.5. The van der Waals surface area contributed by atoms with Crippen molar-refractivity contribution < 1.29 is 28.6 Å². The summed E-state index contributed by atoms with van der Waals surface area (Å²) in [5.41, 5.74) is 0.981. The van der Waals surface area contributed by atoms with Gasteiger partial charge in [0.1, 0.15) is 28.8 Å². The van der Waals surface area contributed by atoms with Crippen LogP contribution in [0.15, 0.2) is 109 Å². The third-order valence-electron chi connectivity index (χ3n) is 6.06. The number of anilines is 1. The van der Waals surface area contributed by atoms with Gasteiger partial charge in [-0.25, -0.2) is 4.39 Å². The number of aliphatic hydroxyl groups excluding tert-OH is 1. The van der Waals surface area contributed by atoms with Crippen LogP contribution >= 0.6 is 0 Å². The highest BCUT2D eigenvalue weighted by Gasteiger charge is 2.47. The number of para-hydroxylation sites is 2. The number of halogens is 1. The van der Waals surface area contributed by atoms with Gasteiger partial charge in [-0.3, -0.25) is 14.5 Å². The molecular weight excluding hydrogens is 473 g/mol. The highest BCUT2D eigenvalue weighted by molar-refractivity contribution is 6.51. The van der Waals surface area contributed by atoms with Crippen LogP contribution in [0.1, 0.15) is 17.2 Å². The Hall–Kier alpha value is -4.91. The minimum Gasteiger partial charge on any atom is -0.507 e. The summed E-state index contributed by atoms with van der Waals surface area (Å²) in [5, 5.41) is 11.4. The summed E-state index contributed by atoms with van der Waals surface area (Å²) in [6, 6.07) is 27.0. The van der Waals surface area contributed by atoms with Crippen LogP contribution in [0, 0.1) is 5.82 Å². The molecule has 6 nitrogen and oxygen atoms in total. The Kier molecular flexibility index (Phi) is 6.43. The lowest BCUT2D eigenvalue weighted by Crippen LogP contribution is -2.29. The molecule has 1 saturated heterocycles. The number of nitrogens with zero attached hydrogens (tertiary/aromatic N) is 1. The minimum absolute atomic E-state index is 0.115. The number of amides is 1. The van der Waals surface area contributed by atoms with E-state index in [1.807, 2.05) is 18.2 Å². The molecule has 0 aromatic heterocycles. The van der Waals surface area contributed by atoms with E-state index >= 15 is 0 Å². The van der Waals surface area contributed by atoms with Crippen LogP contribution < -0.4 is 14.4 Å². The number of aliphatic hydroxyl groups is 1. The average molecular weight is 496 g/mol. The van der Waals surface area contributed by atoms with E-state index in [2.05, 4.69) is 0 Å². The van der Waals surface area contributed by atoms with E-state index in [9.17, 15) is 19.1 Å². The Balaban J connectivity index is 1.69. The summed E-state index contributed by atoms with van der Waals surface area (Å²) in [4.78, 5) is 28.0. The maximum Gasteiger partial charge on any atom is 0.300 e. The molecule has 1 N–H and O–H groups in total. The highest BCUT2D eigenvalue weighted by Crippen LogP contribution is 2.44. The van der Waals surface area contributed by atoms with Crippen LogP contribution in [-0.2, 0) is 9.59 Å². The van der Waals surface area contributed by atoms with Crippen molar-refractivity contribution >= 4 is 23.1 Å². The van der Waals surface area contributed by atoms with Gasteiger partial charge in [0.15, 0.2) is 0 Å². The van der Waals surface area contributed by atoms with Crippen molar-refractivity contribution in [3.63, 3.8) is 0 Å². The largest absolute Gasteiger partial charge is 0.507 e. The van der Waals surface area contributed by atoms with Gasteiger partial charge in [-0.2, -0.15) is 0 Å². The standard InChI is InChI=1S/C30H22FNO5/c1-36-25-13-6-5-12-24(25)28(33)26-27(32(30(35)29(26)34)21-16-14-20(31)15-17-21)19-8-7-11-23(18-19)37-22-9-3-2-4-10-22/h2-18,27,33H,1H3/b28-26-. The molecule has 1 amide bonds. The number of ether oxygens (including phenoxy) is 2. The van der Waals surface area contributed by atoms with E-state index in [1.165, 1.54) is 36.3 Å². The summed E-state index contributed by atoms with van der Waals surface area (Å²) >= 11 is 0. The number of ketones is 1. The first-order chi connectivity index (χ1) is 18.0. The Morgan fingerprint density at radius 1 is 0.838 bits per heavy atom. The number of carbonyl (C=O) groups is 2. The van der Waals surface area contributed by atoms with E-state index in [4.69, 9.17) is 9.47 Å². The van der Waals surface area contributed by atoms with Crippen LogP contribution in [-0.4, -0.2) is 23.9 Å². The lowest BCUT2D eigenvalue weighted by Gasteiger charge is -2.26. The molecule has 4 aromatic rings. The van der Waals surface area contributed by atoms with Crippen molar-refractivity contribution in [2.45, 2.75) is 6.04 Å². The summed E-state index contributed by atoms with van der Waals surface area (Å²) in [5.74, 6) is -1.14. The summed E-state index contributed by atoms with van der Waals surface area (Å²) in [6.45, 7) is 0. The van der Waals surface area contributed by atoms with Crippen LogP contribution in [0.4, 0.5) is 10.1 Å². The van der Waals surface area contributed by atoms with Crippen LogP contribution in [0.2, 0.25) is 0 Å². The molecule has 1 heterocycles. The number of methoxy groups -OCH3 is 1. The lowest BCUT2D eigenvalue weighted by molar-refractivity contribution is -0.132. The van der Waals surface area contributed by atoms with Crippen molar-refractivity contribution in [3.05, 3.63) is 126 Å². The van der Waals surface area contributed by atoms with E-state index in [-0.39, 0.29) is 16.9 Å². The predicted octanol–water partition coefficient (Wildman–Crippen LogP) is 6.25. The van der Waals surface area contributed by atoms with Gasteiger partial charge in [-0.1, -0.05) is 42.5 Å². The molecule has 1 atom stereocenters. The molecule has 37 heavy (non-hydrogen) atoms. The van der Waals surface area contributed by atoms with E-state index < -0.39 is 23.5 Å². The number of benzene rings is 4. The quantitative estimate of drug-likeness (QED) is 0.194. The van der Waals surface area contributed by atoms with Crippen LogP contribution in [0.3, 0.4) is 0 Å². The Labute approximate surface area is 212 Å². The average Bonchev–Trinajstić information content (AvgIpc) is 3.19. The molecule has 1 fully saturated rings. The summed E-state index contributed by atoms with van der Waals surface area (Å²) < 4.78 is 25.0. The van der Waals surface area contributed by atoms with Crippen molar-refractivity contribution in [1.29, 1.82) is 0 Å². The number of hydrogen-bond donors (Lipinski definition) is 1. The molecule has 1 aliphatic heterocycles. The van der Waals surface area contributed by atoms with Gasteiger partial charge < -0.3 is 14.6 Å². The van der Waals surface area contributed by atoms with Gasteiger partial charge in [0.05, 0.1) is 24.3 Å². The van der Waals surface area contributed by atoms with E-state index in [0.717, 1.165) is 0 Å². The number of Topliss-reactive ketones (excluding diaryl/α,β-unsaturated/α-hetero) is 1. The fraction of sp³-hybridized carbons (Fsp3) is 0.0667.